The molecule has 0 aromatic carbocycles. The van der Waals surface area contributed by atoms with E-state index >= 15 is 0 Å². The monoisotopic (exact) mass is 240 g/mol. The lowest BCUT2D eigenvalue weighted by Crippen LogP contribution is -2.31. The number of carbonyl (C=O) groups is 1. The van der Waals surface area contributed by atoms with Gasteiger partial charge in [0.05, 0.1) is 5.69 Å². The van der Waals surface area contributed by atoms with E-state index in [-0.39, 0.29) is 6.54 Å². The van der Waals surface area contributed by atoms with Gasteiger partial charge in [0.2, 0.25) is 0 Å². The molecule has 1 N–H and O–H groups in total. The molecule has 1 heterocycles. The van der Waals surface area contributed by atoms with Crippen molar-refractivity contribution in [2.45, 2.75) is 26.7 Å². The van der Waals surface area contributed by atoms with Gasteiger partial charge in [0.1, 0.15) is 6.54 Å². The van der Waals surface area contributed by atoms with E-state index in [1.807, 2.05) is 18.7 Å². The fraction of sp³-hybridized carbons (Fsp3) is 0.636. The van der Waals surface area contributed by atoms with Crippen LogP contribution in [0.3, 0.4) is 0 Å². The summed E-state index contributed by atoms with van der Waals surface area (Å²) in [5, 5.41) is 9.74. The maximum absolute atomic E-state index is 10.8. The minimum atomic E-state index is -0.786. The lowest BCUT2D eigenvalue weighted by Gasteiger charge is -2.19. The average molecular weight is 240 g/mol. The number of hydrogen-bond acceptors (Lipinski definition) is 4. The Morgan fingerprint density at radius 1 is 1.56 bits per heavy atom. The van der Waals surface area contributed by atoms with Crippen LogP contribution in [0.2, 0.25) is 0 Å². The number of hydrogen-bond donors (Lipinski definition) is 1. The number of nitrogens with zero attached hydrogens (tertiary/aromatic N) is 2. The molecule has 88 valence electrons. The van der Waals surface area contributed by atoms with Gasteiger partial charge in [-0.05, 0) is 32.6 Å². The number of thiazole rings is 1. The van der Waals surface area contributed by atoms with E-state index in [9.17, 15) is 4.79 Å². The second kappa shape index (κ2) is 4.41. The van der Waals surface area contributed by atoms with E-state index in [1.165, 1.54) is 17.7 Å². The third-order valence-corrected chi connectivity index (χ3v) is 3.92. The SMILES string of the molecule is Cc1nc(N(CC(=O)O)CC2CC2)sc1C. The Balaban J connectivity index is 2.12. The molecule has 0 aliphatic heterocycles. The summed E-state index contributed by atoms with van der Waals surface area (Å²) in [5.41, 5.74) is 1.01. The molecule has 16 heavy (non-hydrogen) atoms. The molecule has 2 rings (SSSR count). The number of aryl methyl sites for hydroxylation is 2. The first-order chi connectivity index (χ1) is 7.56. The van der Waals surface area contributed by atoms with Gasteiger partial charge in [0.15, 0.2) is 5.13 Å². The third-order valence-electron chi connectivity index (χ3n) is 2.79. The number of carboxylic acid groups (broad SMARTS) is 1. The van der Waals surface area contributed by atoms with Crippen molar-refractivity contribution in [2.24, 2.45) is 5.92 Å². The number of carboxylic acids is 1. The number of aromatic nitrogens is 1. The lowest BCUT2D eigenvalue weighted by molar-refractivity contribution is -0.135. The van der Waals surface area contributed by atoms with Crippen LogP contribution in [0.4, 0.5) is 5.13 Å². The van der Waals surface area contributed by atoms with Gasteiger partial charge in [-0.15, -0.1) is 11.3 Å². The predicted molar refractivity (Wildman–Crippen MR) is 64.2 cm³/mol. The molecule has 5 heteroatoms. The zero-order chi connectivity index (χ0) is 11.7. The average Bonchev–Trinajstić information content (AvgIpc) is 2.93. The fourth-order valence-electron chi connectivity index (χ4n) is 1.58. The molecule has 1 saturated carbocycles. The van der Waals surface area contributed by atoms with Crippen LogP contribution in [-0.2, 0) is 4.79 Å². The molecule has 1 aliphatic carbocycles. The summed E-state index contributed by atoms with van der Waals surface area (Å²) in [7, 11) is 0. The largest absolute Gasteiger partial charge is 0.480 e. The standard InChI is InChI=1S/C11H16N2O2S/c1-7-8(2)16-11(12-7)13(6-10(14)15)5-9-3-4-9/h9H,3-6H2,1-2H3,(H,14,15). The van der Waals surface area contributed by atoms with Crippen molar-refractivity contribution in [3.63, 3.8) is 0 Å². The third kappa shape index (κ3) is 2.72. The second-order valence-corrected chi connectivity index (χ2v) is 5.54. The highest BCUT2D eigenvalue weighted by atomic mass is 32.1. The minimum absolute atomic E-state index is 0.0584. The summed E-state index contributed by atoms with van der Waals surface area (Å²) < 4.78 is 0. The van der Waals surface area contributed by atoms with Crippen LogP contribution >= 0.6 is 11.3 Å². The first-order valence-electron chi connectivity index (χ1n) is 5.47. The van der Waals surface area contributed by atoms with Crippen LogP contribution in [0.5, 0.6) is 0 Å². The van der Waals surface area contributed by atoms with Crippen molar-refractivity contribution in [3.05, 3.63) is 10.6 Å². The van der Waals surface area contributed by atoms with Gasteiger partial charge in [-0.1, -0.05) is 0 Å². The Kier molecular flexibility index (Phi) is 3.14. The first-order valence-corrected chi connectivity index (χ1v) is 6.28. The Hall–Kier alpha value is -1.10. The van der Waals surface area contributed by atoms with Crippen LogP contribution in [0, 0.1) is 19.8 Å². The van der Waals surface area contributed by atoms with Gasteiger partial charge in [-0.3, -0.25) is 4.79 Å². The van der Waals surface area contributed by atoms with Gasteiger partial charge < -0.3 is 10.0 Å². The molecule has 1 aromatic heterocycles. The molecule has 0 spiro atoms. The van der Waals surface area contributed by atoms with Gasteiger partial charge in [0.25, 0.3) is 0 Å². The zero-order valence-electron chi connectivity index (χ0n) is 9.56. The highest BCUT2D eigenvalue weighted by Gasteiger charge is 2.26. The van der Waals surface area contributed by atoms with Gasteiger partial charge in [-0.2, -0.15) is 0 Å². The molecule has 0 bridgehead atoms. The van der Waals surface area contributed by atoms with Crippen molar-refractivity contribution in [3.8, 4) is 0 Å². The quantitative estimate of drug-likeness (QED) is 0.856. The molecule has 1 aromatic rings. The molecule has 0 atom stereocenters. The zero-order valence-corrected chi connectivity index (χ0v) is 10.4. The van der Waals surface area contributed by atoms with E-state index in [0.29, 0.717) is 5.92 Å². The molecule has 1 aliphatic rings. The highest BCUT2D eigenvalue weighted by Crippen LogP contribution is 2.33. The predicted octanol–water partition coefficient (Wildman–Crippen LogP) is 2.06. The van der Waals surface area contributed by atoms with E-state index in [0.717, 1.165) is 17.4 Å². The normalized spacial score (nSPS) is 15.1. The number of anilines is 1. The van der Waals surface area contributed by atoms with Crippen molar-refractivity contribution in [1.29, 1.82) is 0 Å². The van der Waals surface area contributed by atoms with Gasteiger partial charge in [-0.25, -0.2) is 4.98 Å². The lowest BCUT2D eigenvalue weighted by atomic mass is 10.4. The van der Waals surface area contributed by atoms with Gasteiger partial charge >= 0.3 is 5.97 Å². The Bertz CT molecular complexity index is 379. The summed E-state index contributed by atoms with van der Waals surface area (Å²) in [6.45, 7) is 4.87. The van der Waals surface area contributed by atoms with E-state index in [1.54, 1.807) is 11.3 Å². The molecule has 0 amide bonds. The van der Waals surface area contributed by atoms with Crippen molar-refractivity contribution < 1.29 is 9.90 Å². The van der Waals surface area contributed by atoms with Crippen LogP contribution in [0.1, 0.15) is 23.4 Å². The second-order valence-electron chi connectivity index (χ2n) is 4.36. The summed E-state index contributed by atoms with van der Waals surface area (Å²) in [6, 6.07) is 0. The van der Waals surface area contributed by atoms with E-state index < -0.39 is 5.97 Å². The van der Waals surface area contributed by atoms with Crippen molar-refractivity contribution in [1.82, 2.24) is 4.98 Å². The Labute approximate surface area is 98.9 Å². The van der Waals surface area contributed by atoms with E-state index in [4.69, 9.17) is 5.11 Å². The van der Waals surface area contributed by atoms with Gasteiger partial charge in [0, 0.05) is 11.4 Å². The minimum Gasteiger partial charge on any atom is -0.480 e. The molecule has 1 fully saturated rings. The summed E-state index contributed by atoms with van der Waals surface area (Å²) in [4.78, 5) is 18.3. The van der Waals surface area contributed by atoms with Crippen LogP contribution in [0.15, 0.2) is 0 Å². The number of rotatable bonds is 5. The van der Waals surface area contributed by atoms with Crippen molar-refractivity contribution >= 4 is 22.4 Å². The topological polar surface area (TPSA) is 53.4 Å². The maximum atomic E-state index is 10.8. The molecular weight excluding hydrogens is 224 g/mol. The molecule has 0 radical (unpaired) electrons. The Morgan fingerprint density at radius 3 is 2.69 bits per heavy atom. The first kappa shape index (κ1) is 11.4. The summed E-state index contributed by atoms with van der Waals surface area (Å²) >= 11 is 1.59. The molecule has 0 saturated heterocycles. The molecular formula is C11H16N2O2S. The Morgan fingerprint density at radius 2 is 2.25 bits per heavy atom. The van der Waals surface area contributed by atoms with E-state index in [2.05, 4.69) is 4.98 Å². The summed E-state index contributed by atoms with van der Waals surface area (Å²) in [5.74, 6) is -0.116. The van der Waals surface area contributed by atoms with Crippen molar-refractivity contribution in [2.75, 3.05) is 18.0 Å². The van der Waals surface area contributed by atoms with Crippen LogP contribution < -0.4 is 4.90 Å². The molecule has 4 nitrogen and oxygen atoms in total. The number of aliphatic carboxylic acids is 1. The smallest absolute Gasteiger partial charge is 0.323 e. The van der Waals surface area contributed by atoms with Crippen LogP contribution in [0.25, 0.3) is 0 Å². The maximum Gasteiger partial charge on any atom is 0.323 e. The highest BCUT2D eigenvalue weighted by molar-refractivity contribution is 7.15. The fourth-order valence-corrected chi connectivity index (χ4v) is 2.49. The molecule has 0 unspecified atom stereocenters. The summed E-state index contributed by atoms with van der Waals surface area (Å²) in [6.07, 6.45) is 2.44. The van der Waals surface area contributed by atoms with Crippen LogP contribution in [-0.4, -0.2) is 29.1 Å².